The molecular formula is C12H20N4O. The zero-order chi connectivity index (χ0) is 13.0. The van der Waals surface area contributed by atoms with Crippen molar-refractivity contribution >= 4 is 11.7 Å². The highest BCUT2D eigenvalue weighted by atomic mass is 16.4. The van der Waals surface area contributed by atoms with Crippen molar-refractivity contribution in [1.29, 1.82) is 0 Å². The topological polar surface area (TPSA) is 74.7 Å². The Balaban J connectivity index is 3.29. The van der Waals surface area contributed by atoms with E-state index < -0.39 is 0 Å². The van der Waals surface area contributed by atoms with E-state index in [-0.39, 0.29) is 5.84 Å². The Kier molecular flexibility index (Phi) is 4.31. The lowest BCUT2D eigenvalue weighted by molar-refractivity contribution is 0.318. The molecule has 3 N–H and O–H groups in total. The Morgan fingerprint density at radius 1 is 1.65 bits per heavy atom. The van der Waals surface area contributed by atoms with Crippen molar-refractivity contribution in [2.45, 2.75) is 33.2 Å². The van der Waals surface area contributed by atoms with Crippen LogP contribution in [0.2, 0.25) is 0 Å². The van der Waals surface area contributed by atoms with Gasteiger partial charge in [0, 0.05) is 19.3 Å². The monoisotopic (exact) mass is 236 g/mol. The van der Waals surface area contributed by atoms with Crippen molar-refractivity contribution in [3.63, 3.8) is 0 Å². The second kappa shape index (κ2) is 5.52. The molecule has 1 atom stereocenters. The number of rotatable bonds is 4. The first-order valence-corrected chi connectivity index (χ1v) is 5.69. The highest BCUT2D eigenvalue weighted by Crippen LogP contribution is 2.22. The molecule has 94 valence electrons. The summed E-state index contributed by atoms with van der Waals surface area (Å²) in [6.45, 7) is 6.14. The number of nitrogens with zero attached hydrogens (tertiary/aromatic N) is 3. The molecule has 0 spiro atoms. The predicted molar refractivity (Wildman–Crippen MR) is 69.6 cm³/mol. The minimum absolute atomic E-state index is 0.0979. The minimum atomic E-state index is 0.0979. The fourth-order valence-corrected chi connectivity index (χ4v) is 1.66. The Morgan fingerprint density at radius 2 is 2.29 bits per heavy atom. The zero-order valence-corrected chi connectivity index (χ0v) is 10.8. The van der Waals surface area contributed by atoms with E-state index in [2.05, 4.69) is 24.0 Å². The summed E-state index contributed by atoms with van der Waals surface area (Å²) in [5, 5.41) is 11.9. The summed E-state index contributed by atoms with van der Waals surface area (Å²) in [6.07, 6.45) is 2.74. The van der Waals surface area contributed by atoms with Crippen LogP contribution in [-0.2, 0) is 0 Å². The van der Waals surface area contributed by atoms with Crippen LogP contribution in [-0.4, -0.2) is 29.1 Å². The van der Waals surface area contributed by atoms with Gasteiger partial charge in [0.15, 0.2) is 5.84 Å². The Hall–Kier alpha value is -1.78. The van der Waals surface area contributed by atoms with Crippen LogP contribution in [0, 0.1) is 6.92 Å². The molecule has 0 fully saturated rings. The molecule has 0 aliphatic heterocycles. The fourth-order valence-electron chi connectivity index (χ4n) is 1.66. The van der Waals surface area contributed by atoms with Crippen LogP contribution in [0.4, 0.5) is 5.82 Å². The van der Waals surface area contributed by atoms with E-state index in [1.165, 1.54) is 0 Å². The van der Waals surface area contributed by atoms with Gasteiger partial charge >= 0.3 is 0 Å². The Morgan fingerprint density at radius 3 is 2.82 bits per heavy atom. The maximum absolute atomic E-state index is 8.83. The van der Waals surface area contributed by atoms with Gasteiger partial charge in [0.25, 0.3) is 0 Å². The maximum Gasteiger partial charge on any atom is 0.174 e. The van der Waals surface area contributed by atoms with Gasteiger partial charge < -0.3 is 15.8 Å². The van der Waals surface area contributed by atoms with E-state index in [9.17, 15) is 0 Å². The molecule has 0 bridgehead atoms. The quantitative estimate of drug-likeness (QED) is 0.361. The average molecular weight is 236 g/mol. The highest BCUT2D eigenvalue weighted by molar-refractivity contribution is 6.02. The van der Waals surface area contributed by atoms with E-state index >= 15 is 0 Å². The molecule has 1 unspecified atom stereocenters. The van der Waals surface area contributed by atoms with Gasteiger partial charge in [-0.25, -0.2) is 4.98 Å². The molecule has 0 saturated heterocycles. The van der Waals surface area contributed by atoms with E-state index in [0.29, 0.717) is 11.6 Å². The number of oxime groups is 1. The molecule has 17 heavy (non-hydrogen) atoms. The van der Waals surface area contributed by atoms with Gasteiger partial charge in [-0.2, -0.15) is 0 Å². The molecule has 0 radical (unpaired) electrons. The van der Waals surface area contributed by atoms with E-state index in [1.54, 1.807) is 6.20 Å². The lowest BCUT2D eigenvalue weighted by Crippen LogP contribution is -2.32. The summed E-state index contributed by atoms with van der Waals surface area (Å²) >= 11 is 0. The van der Waals surface area contributed by atoms with Gasteiger partial charge in [0.05, 0.1) is 5.56 Å². The van der Waals surface area contributed by atoms with Gasteiger partial charge in [-0.05, 0) is 31.9 Å². The molecule has 1 rings (SSSR count). The fraction of sp³-hybridized carbons (Fsp3) is 0.500. The first-order valence-electron chi connectivity index (χ1n) is 5.69. The Bertz CT molecular complexity index is 417. The smallest absolute Gasteiger partial charge is 0.174 e. The van der Waals surface area contributed by atoms with Crippen LogP contribution in [0.15, 0.2) is 17.4 Å². The molecule has 0 saturated carbocycles. The number of aryl methyl sites for hydroxylation is 1. The molecule has 0 amide bonds. The van der Waals surface area contributed by atoms with Gasteiger partial charge in [0.2, 0.25) is 0 Å². The lowest BCUT2D eigenvalue weighted by Gasteiger charge is -2.27. The number of nitrogens with two attached hydrogens (primary N) is 1. The molecule has 0 aliphatic carbocycles. The van der Waals surface area contributed by atoms with Crippen molar-refractivity contribution < 1.29 is 5.21 Å². The normalized spacial score (nSPS) is 13.5. The molecule has 5 heteroatoms. The summed E-state index contributed by atoms with van der Waals surface area (Å²) in [5.74, 6) is 0.843. The number of amidine groups is 1. The molecule has 1 aromatic heterocycles. The standard InChI is InChI=1S/C12H20N4O/c1-5-9(3)16(4)12-10(11(13)15-17)8(2)6-7-14-12/h6-7,9,17H,5H2,1-4H3,(H2,13,15). The van der Waals surface area contributed by atoms with Gasteiger partial charge in [0.1, 0.15) is 5.82 Å². The van der Waals surface area contributed by atoms with E-state index in [0.717, 1.165) is 17.8 Å². The first kappa shape index (κ1) is 13.3. The molecule has 5 nitrogen and oxygen atoms in total. The summed E-state index contributed by atoms with van der Waals surface area (Å²) in [4.78, 5) is 6.37. The lowest BCUT2D eigenvalue weighted by atomic mass is 10.1. The molecule has 1 aromatic rings. The second-order valence-corrected chi connectivity index (χ2v) is 4.18. The SMILES string of the molecule is CCC(C)N(C)c1nccc(C)c1/C(N)=N/O. The van der Waals surface area contributed by atoms with Gasteiger partial charge in [-0.3, -0.25) is 0 Å². The van der Waals surface area contributed by atoms with Crippen LogP contribution in [0.3, 0.4) is 0 Å². The third kappa shape index (κ3) is 2.67. The maximum atomic E-state index is 8.83. The summed E-state index contributed by atoms with van der Waals surface area (Å²) in [7, 11) is 1.96. The number of hydrogen-bond acceptors (Lipinski definition) is 4. The number of hydrogen-bond donors (Lipinski definition) is 2. The number of aromatic nitrogens is 1. The van der Waals surface area contributed by atoms with Crippen molar-refractivity contribution in [2.24, 2.45) is 10.9 Å². The largest absolute Gasteiger partial charge is 0.409 e. The number of anilines is 1. The average Bonchev–Trinajstić information content (AvgIpc) is 2.35. The highest BCUT2D eigenvalue weighted by Gasteiger charge is 2.17. The predicted octanol–water partition coefficient (Wildman–Crippen LogP) is 1.72. The van der Waals surface area contributed by atoms with Gasteiger partial charge in [-0.1, -0.05) is 12.1 Å². The summed E-state index contributed by atoms with van der Waals surface area (Å²) in [6, 6.07) is 2.19. The molecule has 0 aliphatic rings. The van der Waals surface area contributed by atoms with Crippen LogP contribution in [0.5, 0.6) is 0 Å². The zero-order valence-electron chi connectivity index (χ0n) is 10.8. The van der Waals surface area contributed by atoms with E-state index in [1.807, 2.05) is 24.9 Å². The second-order valence-electron chi connectivity index (χ2n) is 4.18. The summed E-state index contributed by atoms with van der Waals surface area (Å²) in [5.41, 5.74) is 7.35. The Labute approximate surface area is 102 Å². The van der Waals surface area contributed by atoms with Crippen molar-refractivity contribution in [3.8, 4) is 0 Å². The van der Waals surface area contributed by atoms with Crippen LogP contribution >= 0.6 is 0 Å². The number of pyridine rings is 1. The van der Waals surface area contributed by atoms with Crippen LogP contribution < -0.4 is 10.6 Å². The van der Waals surface area contributed by atoms with Gasteiger partial charge in [-0.15, -0.1) is 0 Å². The van der Waals surface area contributed by atoms with Crippen molar-refractivity contribution in [2.75, 3.05) is 11.9 Å². The summed E-state index contributed by atoms with van der Waals surface area (Å²) < 4.78 is 0. The first-order chi connectivity index (χ1) is 8.02. The van der Waals surface area contributed by atoms with Crippen molar-refractivity contribution in [1.82, 2.24) is 4.98 Å². The third-order valence-electron chi connectivity index (χ3n) is 3.09. The minimum Gasteiger partial charge on any atom is -0.409 e. The van der Waals surface area contributed by atoms with Crippen molar-refractivity contribution in [3.05, 3.63) is 23.4 Å². The molecular weight excluding hydrogens is 216 g/mol. The van der Waals surface area contributed by atoms with Crippen LogP contribution in [0.1, 0.15) is 31.4 Å². The van der Waals surface area contributed by atoms with E-state index in [4.69, 9.17) is 10.9 Å². The molecule has 0 aromatic carbocycles. The molecule has 1 heterocycles. The third-order valence-corrected chi connectivity index (χ3v) is 3.09. The van der Waals surface area contributed by atoms with Crippen LogP contribution in [0.25, 0.3) is 0 Å².